The van der Waals surface area contributed by atoms with E-state index in [4.69, 9.17) is 0 Å². The summed E-state index contributed by atoms with van der Waals surface area (Å²) in [6, 6.07) is 15.9. The van der Waals surface area contributed by atoms with Gasteiger partial charge in [-0.1, -0.05) is 30.3 Å². The van der Waals surface area contributed by atoms with E-state index in [0.29, 0.717) is 0 Å². The fourth-order valence-corrected chi connectivity index (χ4v) is 2.95. The van der Waals surface area contributed by atoms with Crippen LogP contribution in [0, 0.1) is 3.57 Å². The Morgan fingerprint density at radius 1 is 1.06 bits per heavy atom. The molecule has 3 heteroatoms. The topological polar surface area (TPSA) is 20.3 Å². The summed E-state index contributed by atoms with van der Waals surface area (Å²) in [6.45, 7) is 0.781. The van der Waals surface area contributed by atoms with Crippen molar-refractivity contribution in [2.45, 2.75) is 6.42 Å². The average Bonchev–Trinajstić information content (AvgIpc) is 2.82. The van der Waals surface area contributed by atoms with Crippen molar-refractivity contribution in [2.24, 2.45) is 0 Å². The maximum atomic E-state index is 12.6. The Balaban J connectivity index is 1.99. The monoisotopic (exact) mass is 349 g/mol. The van der Waals surface area contributed by atoms with Gasteiger partial charge in [0.1, 0.15) is 0 Å². The summed E-state index contributed by atoms with van der Waals surface area (Å²) < 4.78 is 1.00. The zero-order chi connectivity index (χ0) is 12.5. The number of hydrogen-bond acceptors (Lipinski definition) is 1. The van der Waals surface area contributed by atoms with E-state index in [-0.39, 0.29) is 5.91 Å². The SMILES string of the molecule is O=C(c1ccccc1I)N1CCc2ccccc21. The maximum Gasteiger partial charge on any atom is 0.259 e. The van der Waals surface area contributed by atoms with Gasteiger partial charge in [0.25, 0.3) is 5.91 Å². The summed E-state index contributed by atoms with van der Waals surface area (Å²) in [5.74, 6) is 0.102. The number of carbonyl (C=O) groups is 1. The highest BCUT2D eigenvalue weighted by Crippen LogP contribution is 2.29. The second-order valence-electron chi connectivity index (χ2n) is 4.32. The first-order valence-corrected chi connectivity index (χ1v) is 6.99. The van der Waals surface area contributed by atoms with Gasteiger partial charge in [-0.2, -0.15) is 0 Å². The normalized spacial score (nSPS) is 13.5. The summed E-state index contributed by atoms with van der Waals surface area (Å²) >= 11 is 2.21. The van der Waals surface area contributed by atoms with Crippen LogP contribution in [-0.2, 0) is 6.42 Å². The molecule has 1 heterocycles. The molecule has 0 bridgehead atoms. The zero-order valence-corrected chi connectivity index (χ0v) is 11.9. The van der Waals surface area contributed by atoms with Crippen molar-refractivity contribution in [1.29, 1.82) is 0 Å². The Bertz CT molecular complexity index is 609. The summed E-state index contributed by atoms with van der Waals surface area (Å²) in [4.78, 5) is 14.4. The van der Waals surface area contributed by atoms with Crippen molar-refractivity contribution in [2.75, 3.05) is 11.4 Å². The molecule has 3 rings (SSSR count). The second-order valence-corrected chi connectivity index (χ2v) is 5.48. The van der Waals surface area contributed by atoms with Gasteiger partial charge in [-0.25, -0.2) is 0 Å². The number of benzene rings is 2. The lowest BCUT2D eigenvalue weighted by molar-refractivity contribution is 0.0988. The van der Waals surface area contributed by atoms with E-state index in [1.54, 1.807) is 0 Å². The maximum absolute atomic E-state index is 12.6. The van der Waals surface area contributed by atoms with Gasteiger partial charge < -0.3 is 4.90 Å². The molecule has 0 aliphatic carbocycles. The first-order valence-electron chi connectivity index (χ1n) is 5.91. The minimum absolute atomic E-state index is 0.102. The van der Waals surface area contributed by atoms with Gasteiger partial charge in [0, 0.05) is 15.8 Å². The van der Waals surface area contributed by atoms with Gasteiger partial charge in [0.2, 0.25) is 0 Å². The molecule has 2 aromatic carbocycles. The van der Waals surface area contributed by atoms with Crippen LogP contribution >= 0.6 is 22.6 Å². The van der Waals surface area contributed by atoms with E-state index in [9.17, 15) is 4.79 Å². The number of para-hydroxylation sites is 1. The van der Waals surface area contributed by atoms with E-state index in [1.807, 2.05) is 47.4 Å². The van der Waals surface area contributed by atoms with Crippen LogP contribution in [0.2, 0.25) is 0 Å². The van der Waals surface area contributed by atoms with E-state index >= 15 is 0 Å². The standard InChI is InChI=1S/C15H12INO/c16-13-7-3-2-6-12(13)15(18)17-10-9-11-5-1-4-8-14(11)17/h1-8H,9-10H2. The van der Waals surface area contributed by atoms with Crippen molar-refractivity contribution in [1.82, 2.24) is 0 Å². The van der Waals surface area contributed by atoms with Crippen molar-refractivity contribution in [3.63, 3.8) is 0 Å². The molecule has 0 saturated heterocycles. The minimum Gasteiger partial charge on any atom is -0.308 e. The molecule has 1 aliphatic heterocycles. The van der Waals surface area contributed by atoms with E-state index in [2.05, 4.69) is 28.7 Å². The highest BCUT2D eigenvalue weighted by Gasteiger charge is 2.25. The molecule has 0 radical (unpaired) electrons. The van der Waals surface area contributed by atoms with Crippen molar-refractivity contribution in [3.8, 4) is 0 Å². The largest absolute Gasteiger partial charge is 0.308 e. The van der Waals surface area contributed by atoms with Crippen molar-refractivity contribution < 1.29 is 4.79 Å². The molecule has 0 atom stereocenters. The Morgan fingerprint density at radius 2 is 1.78 bits per heavy atom. The lowest BCUT2D eigenvalue weighted by Gasteiger charge is -2.18. The third kappa shape index (κ3) is 1.92. The third-order valence-electron chi connectivity index (χ3n) is 3.24. The molecule has 1 aliphatic rings. The van der Waals surface area contributed by atoms with Crippen LogP contribution in [0.4, 0.5) is 5.69 Å². The van der Waals surface area contributed by atoms with Gasteiger partial charge in [0.15, 0.2) is 0 Å². The molecule has 0 spiro atoms. The molecule has 0 N–H and O–H groups in total. The Kier molecular flexibility index (Phi) is 3.07. The molecule has 0 unspecified atom stereocenters. The number of carbonyl (C=O) groups excluding carboxylic acids is 1. The van der Waals surface area contributed by atoms with E-state index < -0.39 is 0 Å². The number of anilines is 1. The van der Waals surface area contributed by atoms with Gasteiger partial charge in [-0.3, -0.25) is 4.79 Å². The van der Waals surface area contributed by atoms with Crippen LogP contribution in [0.25, 0.3) is 0 Å². The van der Waals surface area contributed by atoms with Crippen LogP contribution in [0.3, 0.4) is 0 Å². The summed E-state index contributed by atoms with van der Waals surface area (Å²) in [5, 5.41) is 0. The number of amides is 1. The number of halogens is 1. The number of fused-ring (bicyclic) bond motifs is 1. The first-order chi connectivity index (χ1) is 8.77. The van der Waals surface area contributed by atoms with Gasteiger partial charge in [-0.15, -0.1) is 0 Å². The lowest BCUT2D eigenvalue weighted by atomic mass is 10.1. The van der Waals surface area contributed by atoms with Crippen LogP contribution in [-0.4, -0.2) is 12.5 Å². The molecular weight excluding hydrogens is 337 g/mol. The minimum atomic E-state index is 0.102. The number of nitrogens with zero attached hydrogens (tertiary/aromatic N) is 1. The fraction of sp³-hybridized carbons (Fsp3) is 0.133. The van der Waals surface area contributed by atoms with Crippen LogP contribution in [0.5, 0.6) is 0 Å². The van der Waals surface area contributed by atoms with Crippen LogP contribution < -0.4 is 4.90 Å². The fourth-order valence-electron chi connectivity index (χ4n) is 2.33. The van der Waals surface area contributed by atoms with Crippen LogP contribution in [0.1, 0.15) is 15.9 Å². The highest BCUT2D eigenvalue weighted by atomic mass is 127. The molecule has 0 aromatic heterocycles. The first kappa shape index (κ1) is 11.7. The van der Waals surface area contributed by atoms with Crippen molar-refractivity contribution >= 4 is 34.2 Å². The van der Waals surface area contributed by atoms with Gasteiger partial charge >= 0.3 is 0 Å². The summed E-state index contributed by atoms with van der Waals surface area (Å²) in [5.41, 5.74) is 3.11. The Hall–Kier alpha value is -1.36. The van der Waals surface area contributed by atoms with Crippen LogP contribution in [0.15, 0.2) is 48.5 Å². The quantitative estimate of drug-likeness (QED) is 0.722. The number of hydrogen-bond donors (Lipinski definition) is 0. The molecule has 2 aromatic rings. The van der Waals surface area contributed by atoms with Gasteiger partial charge in [-0.05, 0) is 52.8 Å². The molecule has 0 saturated carbocycles. The average molecular weight is 349 g/mol. The van der Waals surface area contributed by atoms with E-state index in [1.165, 1.54) is 5.56 Å². The predicted molar refractivity (Wildman–Crippen MR) is 81.0 cm³/mol. The smallest absolute Gasteiger partial charge is 0.259 e. The number of rotatable bonds is 1. The van der Waals surface area contributed by atoms with E-state index in [0.717, 1.165) is 27.8 Å². The molecule has 1 amide bonds. The summed E-state index contributed by atoms with van der Waals surface area (Å²) in [7, 11) is 0. The molecule has 90 valence electrons. The predicted octanol–water partition coefficient (Wildman–Crippen LogP) is 3.49. The molecular formula is C15H12INO. The lowest BCUT2D eigenvalue weighted by Crippen LogP contribution is -2.29. The molecule has 0 fully saturated rings. The Morgan fingerprint density at radius 3 is 2.61 bits per heavy atom. The molecule has 2 nitrogen and oxygen atoms in total. The zero-order valence-electron chi connectivity index (χ0n) is 9.77. The highest BCUT2D eigenvalue weighted by molar-refractivity contribution is 14.1. The van der Waals surface area contributed by atoms with Gasteiger partial charge in [0.05, 0.1) is 5.56 Å². The summed E-state index contributed by atoms with van der Waals surface area (Å²) in [6.07, 6.45) is 0.950. The Labute approximate surface area is 120 Å². The third-order valence-corrected chi connectivity index (χ3v) is 4.18. The molecule has 18 heavy (non-hydrogen) atoms. The van der Waals surface area contributed by atoms with Crippen molar-refractivity contribution in [3.05, 3.63) is 63.2 Å². The second kappa shape index (κ2) is 4.72.